The number of aromatic nitrogens is 2. The van der Waals surface area contributed by atoms with Gasteiger partial charge in [0.15, 0.2) is 17.9 Å². The van der Waals surface area contributed by atoms with Gasteiger partial charge >= 0.3 is 29.8 Å². The lowest BCUT2D eigenvalue weighted by Crippen LogP contribution is -2.57. The largest absolute Gasteiger partial charge is 0.458 e. The molecule has 2 spiro atoms. The van der Waals surface area contributed by atoms with Crippen molar-refractivity contribution < 1.29 is 91.6 Å². The summed E-state index contributed by atoms with van der Waals surface area (Å²) in [4.78, 5) is 102. The molecule has 1 saturated carbocycles. The number of benzene rings is 1. The van der Waals surface area contributed by atoms with E-state index in [1.54, 1.807) is 39.1 Å². The molecule has 22 heteroatoms. The molecular weight excluding hydrogens is 1150 g/mol. The Kier molecular flexibility index (Phi) is 17.5. The Balaban J connectivity index is 0.779. The number of carbonyl (C=O) groups is 7. The SMILES string of the molecule is CO[C@H]1C[C@H]2C=CC3C4[C@H](O)[C@@H](C)[C@@H](OC(=O)c5ccc(OC(=O)Cc6cccc7c6C(=O)N([C@@H](C)[C@H]6OC(=O)[C@@H](OC)C[C@H]8C=C[C@@H]9C[C@]8(OC[C@H]9[C@H](OC(=O)c8ccc[nH]8)C(C)C)/C(C)=C/[C@H]6C)C7=O)n5O)[C@@H]3O[C@]42/C(C)=C/[C@@H](C)[C@@H]([C@@H](C)O)OC1=O. The van der Waals surface area contributed by atoms with Gasteiger partial charge in [0.2, 0.25) is 5.88 Å². The van der Waals surface area contributed by atoms with E-state index >= 15 is 0 Å². The van der Waals surface area contributed by atoms with Crippen molar-refractivity contribution in [2.45, 2.75) is 160 Å². The van der Waals surface area contributed by atoms with Crippen molar-refractivity contribution in [3.63, 3.8) is 0 Å². The summed E-state index contributed by atoms with van der Waals surface area (Å²) in [5.41, 5.74) is -0.422. The zero-order valence-corrected chi connectivity index (χ0v) is 51.9. The Bertz CT molecular complexity index is 3400. The second-order valence-electron chi connectivity index (χ2n) is 26.1. The highest BCUT2D eigenvalue weighted by atomic mass is 16.6. The number of aliphatic hydroxyl groups is 2. The standard InChI is InChI=1S/C67H81N3O19/c1-31(2)55(85-62(76)46-16-13-23-68-46)45-30-83-66-29-40(45)17-18-41(66)27-48(81-10)64(78)86-56(32(3)24-34(66)5)37(8)69-60(74)43-15-12-14-39(52(43)61(69)75)26-51(72)84-50-22-21-47(70(50)80)63(77)88-58-36(7)54(73)53-44-20-19-42-28-49(82-11)65(79)87-57(38(9)71)33(4)25-35(6)67(42,53)89-59(44)58/h12-25,31-33,36-38,40-42,44-45,48-49,53-59,68,71,73,80H,26-30H2,1-11H3/b34-24+,35-25+/t32-,33-,36-,37+,38-,40-,41-,42-,44?,45-,48+,49+,53?,54-,55-,56+,57+,58-,59-,66+,67+/m1/s1. The van der Waals surface area contributed by atoms with Gasteiger partial charge in [-0.15, -0.1) is 4.73 Å². The molecule has 3 fully saturated rings. The average Bonchev–Trinajstić information content (AvgIpc) is 1.76. The molecule has 6 bridgehead atoms. The minimum Gasteiger partial charge on any atom is -0.458 e. The first kappa shape index (κ1) is 63.4. The smallest absolute Gasteiger partial charge is 0.358 e. The van der Waals surface area contributed by atoms with Crippen LogP contribution in [0.3, 0.4) is 0 Å². The van der Waals surface area contributed by atoms with Crippen molar-refractivity contribution >= 4 is 41.7 Å². The average molecular weight is 1230 g/mol. The number of aliphatic hydroxyl groups excluding tert-OH is 2. The zero-order chi connectivity index (χ0) is 63.9. The van der Waals surface area contributed by atoms with E-state index in [1.165, 1.54) is 44.6 Å². The summed E-state index contributed by atoms with van der Waals surface area (Å²) >= 11 is 0. The molecule has 11 rings (SSSR count). The van der Waals surface area contributed by atoms with E-state index in [0.717, 1.165) is 16.0 Å². The van der Waals surface area contributed by atoms with Gasteiger partial charge in [-0.3, -0.25) is 19.3 Å². The monoisotopic (exact) mass is 1230 g/mol. The van der Waals surface area contributed by atoms with Crippen LogP contribution in [0.15, 0.2) is 96.3 Å². The number of cyclic esters (lactones) is 2. The lowest BCUT2D eigenvalue weighted by molar-refractivity contribution is -0.174. The minimum absolute atomic E-state index is 0.0116. The normalized spacial score (nSPS) is 37.0. The fraction of sp³-hybridized carbons (Fsp3) is 0.567. The van der Waals surface area contributed by atoms with Gasteiger partial charge in [0, 0.05) is 73.8 Å². The van der Waals surface area contributed by atoms with Gasteiger partial charge in [-0.05, 0) is 99.8 Å². The fourth-order valence-electron chi connectivity index (χ4n) is 16.0. The van der Waals surface area contributed by atoms with E-state index in [9.17, 15) is 49.0 Å². The summed E-state index contributed by atoms with van der Waals surface area (Å²) in [6.45, 7) is 16.7. The highest BCUT2D eigenvalue weighted by molar-refractivity contribution is 6.22. The van der Waals surface area contributed by atoms with Crippen LogP contribution in [0.5, 0.6) is 5.88 Å². The number of fused-ring (bicyclic) bond motifs is 2. The second kappa shape index (κ2) is 24.5. The number of imide groups is 1. The summed E-state index contributed by atoms with van der Waals surface area (Å²) in [6, 6.07) is 9.24. The topological polar surface area (TPSA) is 287 Å². The van der Waals surface area contributed by atoms with Crippen LogP contribution in [0.2, 0.25) is 0 Å². The number of nitrogens with one attached hydrogen (secondary N) is 1. The molecule has 1 aromatic carbocycles. The van der Waals surface area contributed by atoms with Gasteiger partial charge in [-0.25, -0.2) is 19.2 Å². The lowest BCUT2D eigenvalue weighted by Gasteiger charge is -2.53. The molecule has 0 radical (unpaired) electrons. The van der Waals surface area contributed by atoms with Gasteiger partial charge in [0.1, 0.15) is 41.8 Å². The third-order valence-electron chi connectivity index (χ3n) is 20.5. The minimum atomic E-state index is -1.17. The maximum atomic E-state index is 14.7. The number of esters is 5. The van der Waals surface area contributed by atoms with Crippen LogP contribution in [0.4, 0.5) is 0 Å². The van der Waals surface area contributed by atoms with E-state index < -0.39 is 167 Å². The molecule has 2 amide bonds. The van der Waals surface area contributed by atoms with Crippen molar-refractivity contribution in [2.24, 2.45) is 59.2 Å². The molecule has 2 unspecified atom stereocenters. The van der Waals surface area contributed by atoms with Gasteiger partial charge in [0.05, 0.1) is 48.0 Å². The Morgan fingerprint density at radius 2 is 1.48 bits per heavy atom. The first-order valence-electron chi connectivity index (χ1n) is 30.9. The molecule has 2 saturated heterocycles. The van der Waals surface area contributed by atoms with Crippen molar-refractivity contribution in [2.75, 3.05) is 20.8 Å². The number of methoxy groups -OCH3 is 2. The predicted molar refractivity (Wildman–Crippen MR) is 315 cm³/mol. The summed E-state index contributed by atoms with van der Waals surface area (Å²) in [6.07, 6.45) is 5.42. The molecule has 5 aliphatic heterocycles. The molecule has 3 aliphatic carbocycles. The van der Waals surface area contributed by atoms with Crippen LogP contribution < -0.4 is 4.74 Å². The lowest BCUT2D eigenvalue weighted by atomic mass is 9.57. The third kappa shape index (κ3) is 10.9. The number of aromatic amines is 1. The number of carbonyl (C=O) groups excluding carboxylic acids is 7. The molecule has 21 atom stereocenters. The van der Waals surface area contributed by atoms with E-state index in [4.69, 9.17) is 42.6 Å². The van der Waals surface area contributed by atoms with Gasteiger partial charge < -0.3 is 63.0 Å². The number of amides is 2. The molecule has 8 aliphatic rings. The highest BCUT2D eigenvalue weighted by Gasteiger charge is 2.69. The van der Waals surface area contributed by atoms with E-state index in [-0.39, 0.29) is 59.8 Å². The third-order valence-corrected chi connectivity index (χ3v) is 20.5. The van der Waals surface area contributed by atoms with Crippen LogP contribution in [-0.4, -0.2) is 165 Å². The summed E-state index contributed by atoms with van der Waals surface area (Å²) < 4.78 is 55.8. The van der Waals surface area contributed by atoms with Crippen molar-refractivity contribution in [3.05, 3.63) is 124 Å². The van der Waals surface area contributed by atoms with Gasteiger partial charge in [0.25, 0.3) is 11.8 Å². The number of H-pyrrole nitrogens is 1. The number of allylic oxidation sites excluding steroid dienone is 1. The molecule has 478 valence electrons. The van der Waals surface area contributed by atoms with Crippen molar-refractivity contribution in [3.8, 4) is 5.88 Å². The fourth-order valence-corrected chi connectivity index (χ4v) is 16.0. The van der Waals surface area contributed by atoms with Crippen LogP contribution in [0.1, 0.15) is 129 Å². The molecule has 2 aromatic heterocycles. The second-order valence-corrected chi connectivity index (χ2v) is 26.1. The number of hydrogen-bond acceptors (Lipinski definition) is 19. The maximum absolute atomic E-state index is 14.7. The maximum Gasteiger partial charge on any atom is 0.358 e. The molecule has 7 heterocycles. The first-order valence-corrected chi connectivity index (χ1v) is 30.9. The van der Waals surface area contributed by atoms with E-state index in [0.29, 0.717) is 16.8 Å². The van der Waals surface area contributed by atoms with E-state index in [2.05, 4.69) is 17.1 Å². The summed E-state index contributed by atoms with van der Waals surface area (Å²) in [7, 11) is 2.82. The van der Waals surface area contributed by atoms with Crippen LogP contribution >= 0.6 is 0 Å². The van der Waals surface area contributed by atoms with E-state index in [1.807, 2.05) is 65.8 Å². The van der Waals surface area contributed by atoms with Crippen LogP contribution in [0, 0.1) is 59.2 Å². The molecule has 89 heavy (non-hydrogen) atoms. The molecule has 22 nitrogen and oxygen atoms in total. The molecular formula is C67H81N3O19. The number of ether oxygens (including phenoxy) is 9. The Labute approximate surface area is 516 Å². The Morgan fingerprint density at radius 1 is 0.809 bits per heavy atom. The zero-order valence-electron chi connectivity index (χ0n) is 51.9. The number of hydrogen-bond donors (Lipinski definition) is 4. The predicted octanol–water partition coefficient (Wildman–Crippen LogP) is 6.94. The summed E-state index contributed by atoms with van der Waals surface area (Å²) in [5.74, 6) is -9.40. The van der Waals surface area contributed by atoms with Crippen LogP contribution in [-0.2, 0) is 58.7 Å². The quantitative estimate of drug-likeness (QED) is 0.0418. The summed E-state index contributed by atoms with van der Waals surface area (Å²) in [5, 5.41) is 34.3. The number of nitrogens with zero attached hydrogens (tertiary/aromatic N) is 2. The molecule has 3 aromatic rings. The Hall–Kier alpha value is -7.21. The van der Waals surface area contributed by atoms with Gasteiger partial charge in [-0.1, -0.05) is 83.2 Å². The van der Waals surface area contributed by atoms with Crippen molar-refractivity contribution in [1.82, 2.24) is 14.6 Å². The first-order chi connectivity index (χ1) is 42.3. The number of rotatable bonds is 14. The van der Waals surface area contributed by atoms with Gasteiger partial charge in [-0.2, -0.15) is 0 Å². The Morgan fingerprint density at radius 3 is 2.16 bits per heavy atom. The highest BCUT2D eigenvalue weighted by Crippen LogP contribution is 2.61. The van der Waals surface area contributed by atoms with Crippen LogP contribution in [0.25, 0.3) is 0 Å². The van der Waals surface area contributed by atoms with Crippen molar-refractivity contribution in [1.29, 1.82) is 0 Å². The molecule has 4 N–H and O–H groups in total.